The fourth-order valence-electron chi connectivity index (χ4n) is 3.27. The number of rotatable bonds is 3. The minimum Gasteiger partial charge on any atom is -0.508 e. The van der Waals surface area contributed by atoms with Gasteiger partial charge in [-0.25, -0.2) is 13.4 Å². The molecule has 1 aliphatic heterocycles. The predicted molar refractivity (Wildman–Crippen MR) is 99.8 cm³/mol. The molecule has 136 valence electrons. The van der Waals surface area contributed by atoms with Gasteiger partial charge in [0.25, 0.3) is 0 Å². The van der Waals surface area contributed by atoms with Crippen LogP contribution in [0.1, 0.15) is 0 Å². The largest absolute Gasteiger partial charge is 0.508 e. The molecule has 0 amide bonds. The van der Waals surface area contributed by atoms with Gasteiger partial charge in [0.1, 0.15) is 16.3 Å². The quantitative estimate of drug-likeness (QED) is 0.758. The Balaban J connectivity index is 1.52. The first-order valence-corrected chi connectivity index (χ1v) is 9.84. The van der Waals surface area contributed by atoms with Crippen LogP contribution >= 0.6 is 0 Å². The zero-order valence-corrected chi connectivity index (χ0v) is 15.2. The first kappa shape index (κ1) is 16.9. The van der Waals surface area contributed by atoms with Crippen molar-refractivity contribution in [2.24, 2.45) is 7.05 Å². The molecule has 3 heterocycles. The number of aromatic nitrogens is 2. The number of nitrogens with zero attached hydrogens (tertiary/aromatic N) is 4. The summed E-state index contributed by atoms with van der Waals surface area (Å²) in [7, 11) is -1.68. The van der Waals surface area contributed by atoms with E-state index in [4.69, 9.17) is 0 Å². The van der Waals surface area contributed by atoms with E-state index in [-0.39, 0.29) is 10.6 Å². The second kappa shape index (κ2) is 6.30. The lowest BCUT2D eigenvalue weighted by Gasteiger charge is -2.35. The molecule has 0 unspecified atom stereocenters. The molecule has 1 aliphatic rings. The van der Waals surface area contributed by atoms with Crippen LogP contribution in [0.3, 0.4) is 0 Å². The Labute approximate surface area is 152 Å². The zero-order chi connectivity index (χ0) is 18.3. The molecule has 0 radical (unpaired) electrons. The molecule has 26 heavy (non-hydrogen) atoms. The number of sulfonamides is 1. The van der Waals surface area contributed by atoms with E-state index in [2.05, 4.69) is 9.88 Å². The summed E-state index contributed by atoms with van der Waals surface area (Å²) in [5.74, 6) is 0.221. The highest BCUT2D eigenvalue weighted by atomic mass is 32.2. The van der Waals surface area contributed by atoms with E-state index in [9.17, 15) is 13.5 Å². The van der Waals surface area contributed by atoms with Crippen LogP contribution in [0.15, 0.2) is 53.7 Å². The monoisotopic (exact) mass is 372 g/mol. The van der Waals surface area contributed by atoms with Crippen molar-refractivity contribution in [2.45, 2.75) is 4.90 Å². The van der Waals surface area contributed by atoms with Crippen LogP contribution < -0.4 is 4.90 Å². The Kier molecular flexibility index (Phi) is 4.08. The summed E-state index contributed by atoms with van der Waals surface area (Å²) in [6, 6.07) is 10.5. The first-order valence-electron chi connectivity index (χ1n) is 8.40. The van der Waals surface area contributed by atoms with Crippen molar-refractivity contribution in [1.82, 2.24) is 13.9 Å². The Bertz CT molecular complexity index is 1040. The number of pyridine rings is 1. The summed E-state index contributed by atoms with van der Waals surface area (Å²) in [4.78, 5) is 6.64. The lowest BCUT2D eigenvalue weighted by molar-refractivity contribution is 0.385. The number of phenolic OH excluding ortho intramolecular Hbond substituents is 1. The van der Waals surface area contributed by atoms with Crippen LogP contribution in [0, 0.1) is 0 Å². The third-order valence-electron chi connectivity index (χ3n) is 4.77. The van der Waals surface area contributed by atoms with Gasteiger partial charge in [-0.3, -0.25) is 0 Å². The van der Waals surface area contributed by atoms with Crippen molar-refractivity contribution in [3.8, 4) is 5.75 Å². The first-order chi connectivity index (χ1) is 12.4. The Morgan fingerprint density at radius 3 is 2.42 bits per heavy atom. The van der Waals surface area contributed by atoms with Crippen molar-refractivity contribution in [3.63, 3.8) is 0 Å². The summed E-state index contributed by atoms with van der Waals surface area (Å²) >= 11 is 0. The molecule has 0 bridgehead atoms. The third-order valence-corrected chi connectivity index (χ3v) is 6.64. The number of phenols is 1. The van der Waals surface area contributed by atoms with E-state index >= 15 is 0 Å². The van der Waals surface area contributed by atoms with Gasteiger partial charge in [-0.1, -0.05) is 0 Å². The van der Waals surface area contributed by atoms with Crippen LogP contribution in [0.4, 0.5) is 5.69 Å². The van der Waals surface area contributed by atoms with Crippen molar-refractivity contribution in [1.29, 1.82) is 0 Å². The summed E-state index contributed by atoms with van der Waals surface area (Å²) in [5, 5.41) is 10.2. The van der Waals surface area contributed by atoms with Gasteiger partial charge in [0.15, 0.2) is 0 Å². The fraction of sp³-hybridized carbons (Fsp3) is 0.278. The third kappa shape index (κ3) is 2.91. The van der Waals surface area contributed by atoms with Gasteiger partial charge in [-0.2, -0.15) is 4.31 Å². The molecule has 1 N–H and O–H groups in total. The predicted octanol–water partition coefficient (Wildman–Crippen LogP) is 1.79. The molecule has 2 aromatic heterocycles. The van der Waals surface area contributed by atoms with E-state index in [1.54, 1.807) is 18.2 Å². The van der Waals surface area contributed by atoms with Crippen LogP contribution in [-0.4, -0.2) is 53.6 Å². The fourth-order valence-corrected chi connectivity index (χ4v) is 4.68. The van der Waals surface area contributed by atoms with E-state index in [1.165, 1.54) is 10.5 Å². The number of hydrogen-bond donors (Lipinski definition) is 1. The maximum absolute atomic E-state index is 13.0. The molecule has 3 aromatic rings. The minimum atomic E-state index is -3.56. The molecule has 7 nitrogen and oxygen atoms in total. The molecule has 0 spiro atoms. The zero-order valence-electron chi connectivity index (χ0n) is 14.4. The molecule has 0 atom stereocenters. The van der Waals surface area contributed by atoms with E-state index < -0.39 is 10.0 Å². The van der Waals surface area contributed by atoms with Crippen molar-refractivity contribution in [2.75, 3.05) is 31.1 Å². The number of aromatic hydroxyl groups is 1. The van der Waals surface area contributed by atoms with Gasteiger partial charge in [-0.05, 0) is 36.4 Å². The Morgan fingerprint density at radius 1 is 1.04 bits per heavy atom. The topological polar surface area (TPSA) is 78.7 Å². The summed E-state index contributed by atoms with van der Waals surface area (Å²) in [6.45, 7) is 2.03. The smallest absolute Gasteiger partial charge is 0.244 e. The molecule has 8 heteroatoms. The second-order valence-electron chi connectivity index (χ2n) is 6.42. The lowest BCUT2D eigenvalue weighted by Crippen LogP contribution is -2.48. The van der Waals surface area contributed by atoms with E-state index in [0.29, 0.717) is 26.2 Å². The van der Waals surface area contributed by atoms with Gasteiger partial charge in [0.2, 0.25) is 10.0 Å². The maximum Gasteiger partial charge on any atom is 0.244 e. The normalized spacial score (nSPS) is 16.3. The standard InChI is InChI=1S/C18H20N4O3S/c1-20-7-6-14-12-17(13-19-18(14)20)26(24,25)22-10-8-21(9-11-22)15-2-4-16(23)5-3-15/h2-7,12-13,23H,8-11H2,1H3. The van der Waals surface area contributed by atoms with Crippen molar-refractivity contribution < 1.29 is 13.5 Å². The molecule has 4 rings (SSSR count). The van der Waals surface area contributed by atoms with Gasteiger partial charge in [-0.15, -0.1) is 0 Å². The average molecular weight is 372 g/mol. The van der Waals surface area contributed by atoms with Crippen LogP contribution in [0.2, 0.25) is 0 Å². The SMILES string of the molecule is Cn1ccc2cc(S(=O)(=O)N3CCN(c4ccc(O)cc4)CC3)cnc21. The van der Waals surface area contributed by atoms with Crippen molar-refractivity contribution >= 4 is 26.7 Å². The van der Waals surface area contributed by atoms with Crippen LogP contribution in [0.5, 0.6) is 5.75 Å². The van der Waals surface area contributed by atoms with Gasteiger partial charge < -0.3 is 14.6 Å². The van der Waals surface area contributed by atoms with E-state index in [0.717, 1.165) is 16.7 Å². The highest BCUT2D eigenvalue weighted by molar-refractivity contribution is 7.89. The average Bonchev–Trinajstić information content (AvgIpc) is 3.03. The number of anilines is 1. The van der Waals surface area contributed by atoms with Gasteiger partial charge in [0.05, 0.1) is 0 Å². The summed E-state index contributed by atoms with van der Waals surface area (Å²) in [6.07, 6.45) is 3.30. The molecular formula is C18H20N4O3S. The van der Waals surface area contributed by atoms with Gasteiger partial charge in [0, 0.05) is 56.7 Å². The Hall–Kier alpha value is -2.58. The number of fused-ring (bicyclic) bond motifs is 1. The van der Waals surface area contributed by atoms with Crippen molar-refractivity contribution in [3.05, 3.63) is 48.8 Å². The highest BCUT2D eigenvalue weighted by Gasteiger charge is 2.29. The molecule has 0 saturated carbocycles. The second-order valence-corrected chi connectivity index (χ2v) is 8.36. The number of piperazine rings is 1. The number of benzene rings is 1. The minimum absolute atomic E-state index is 0.221. The lowest BCUT2D eigenvalue weighted by atomic mass is 10.2. The van der Waals surface area contributed by atoms with Crippen LogP contribution in [-0.2, 0) is 17.1 Å². The maximum atomic E-state index is 13.0. The summed E-state index contributed by atoms with van der Waals surface area (Å²) in [5.41, 5.74) is 1.74. The van der Waals surface area contributed by atoms with Gasteiger partial charge >= 0.3 is 0 Å². The number of hydrogen-bond acceptors (Lipinski definition) is 5. The van der Waals surface area contributed by atoms with Crippen LogP contribution in [0.25, 0.3) is 11.0 Å². The Morgan fingerprint density at radius 2 is 1.73 bits per heavy atom. The number of aryl methyl sites for hydroxylation is 1. The van der Waals surface area contributed by atoms with E-state index in [1.807, 2.05) is 36.0 Å². The molecule has 0 aliphatic carbocycles. The highest BCUT2D eigenvalue weighted by Crippen LogP contribution is 2.24. The molecule has 1 aromatic carbocycles. The molecular weight excluding hydrogens is 352 g/mol. The molecule has 1 saturated heterocycles. The molecule has 1 fully saturated rings. The summed E-state index contributed by atoms with van der Waals surface area (Å²) < 4.78 is 29.3.